The summed E-state index contributed by atoms with van der Waals surface area (Å²) in [4.78, 5) is 17.7. The molecule has 3 unspecified atom stereocenters. The summed E-state index contributed by atoms with van der Waals surface area (Å²) in [5.41, 5.74) is -0.0559. The van der Waals surface area contributed by atoms with Crippen molar-refractivity contribution in [2.45, 2.75) is 57.7 Å². The number of likely N-dealkylation sites (N-methyl/N-ethyl adjacent to an activating group) is 1. The molecule has 2 fully saturated rings. The number of carbonyl (C=O) groups is 1. The lowest BCUT2D eigenvalue weighted by Crippen LogP contribution is -2.70. The molecule has 0 radical (unpaired) electrons. The zero-order chi connectivity index (χ0) is 16.5. The van der Waals surface area contributed by atoms with Crippen LogP contribution in [-0.4, -0.2) is 62.2 Å². The quantitative estimate of drug-likeness (QED) is 0.399. The van der Waals surface area contributed by atoms with Crippen LogP contribution in [0.4, 0.5) is 0 Å². The van der Waals surface area contributed by atoms with Gasteiger partial charge in [0.1, 0.15) is 0 Å². The van der Waals surface area contributed by atoms with Crippen molar-refractivity contribution in [2.75, 3.05) is 27.7 Å². The van der Waals surface area contributed by atoms with E-state index in [1.54, 1.807) is 19.1 Å². The van der Waals surface area contributed by atoms with Gasteiger partial charge in [-0.05, 0) is 19.8 Å². The van der Waals surface area contributed by atoms with Gasteiger partial charge in [0, 0.05) is 51.7 Å². The number of likely N-dealkylation sites (tertiary alicyclic amines) is 1. The normalized spacial score (nSPS) is 33.6. The van der Waals surface area contributed by atoms with Gasteiger partial charge in [-0.3, -0.25) is 9.79 Å². The van der Waals surface area contributed by atoms with E-state index in [0.29, 0.717) is 12.5 Å². The van der Waals surface area contributed by atoms with E-state index in [4.69, 9.17) is 4.74 Å². The smallest absolute Gasteiger partial charge is 0.222 e. The molecule has 1 aliphatic heterocycles. The van der Waals surface area contributed by atoms with Crippen molar-refractivity contribution in [3.8, 4) is 0 Å². The lowest BCUT2D eigenvalue weighted by atomic mass is 9.56. The van der Waals surface area contributed by atoms with E-state index < -0.39 is 0 Å². The number of nitrogens with one attached hydrogen (secondary N) is 2. The van der Waals surface area contributed by atoms with Crippen molar-refractivity contribution in [3.63, 3.8) is 0 Å². The summed E-state index contributed by atoms with van der Waals surface area (Å²) in [6.45, 7) is 7.32. The molecule has 1 amide bonds. The van der Waals surface area contributed by atoms with Crippen LogP contribution in [0, 0.1) is 5.41 Å². The Labute approximate surface area is 156 Å². The van der Waals surface area contributed by atoms with Crippen LogP contribution in [0.25, 0.3) is 0 Å². The number of hydrogen-bond donors (Lipinski definition) is 2. The number of piperidine rings is 1. The number of halogens is 1. The molecule has 7 heteroatoms. The van der Waals surface area contributed by atoms with E-state index in [9.17, 15) is 4.79 Å². The zero-order valence-corrected chi connectivity index (χ0v) is 17.4. The van der Waals surface area contributed by atoms with Crippen molar-refractivity contribution < 1.29 is 9.53 Å². The lowest BCUT2D eigenvalue weighted by Gasteiger charge is -2.59. The second-order valence-corrected chi connectivity index (χ2v) is 7.28. The minimum absolute atomic E-state index is 0. The van der Waals surface area contributed by atoms with Gasteiger partial charge in [-0.2, -0.15) is 0 Å². The summed E-state index contributed by atoms with van der Waals surface area (Å²) in [6.07, 6.45) is 2.41. The second-order valence-electron chi connectivity index (χ2n) is 7.28. The van der Waals surface area contributed by atoms with Crippen LogP contribution < -0.4 is 10.6 Å². The van der Waals surface area contributed by atoms with E-state index in [1.165, 1.54) is 0 Å². The molecular weight excluding hydrogens is 407 g/mol. The molecule has 1 saturated heterocycles. The van der Waals surface area contributed by atoms with Crippen molar-refractivity contribution in [1.82, 2.24) is 15.5 Å². The highest BCUT2D eigenvalue weighted by Crippen LogP contribution is 2.51. The fraction of sp³-hybridized carbons (Fsp3) is 0.875. The van der Waals surface area contributed by atoms with Gasteiger partial charge in [-0.15, -0.1) is 24.0 Å². The number of ether oxygens (including phenoxy) is 1. The predicted octanol–water partition coefficient (Wildman–Crippen LogP) is 1.59. The van der Waals surface area contributed by atoms with Crippen LogP contribution in [0.1, 0.15) is 40.0 Å². The molecule has 2 rings (SSSR count). The van der Waals surface area contributed by atoms with Crippen LogP contribution in [-0.2, 0) is 9.53 Å². The van der Waals surface area contributed by atoms with Gasteiger partial charge >= 0.3 is 0 Å². The Morgan fingerprint density at radius 3 is 2.48 bits per heavy atom. The molecule has 1 aliphatic carbocycles. The van der Waals surface area contributed by atoms with Gasteiger partial charge in [0.05, 0.1) is 5.60 Å². The minimum atomic E-state index is -0.0962. The molecule has 0 spiro atoms. The van der Waals surface area contributed by atoms with E-state index in [1.807, 2.05) is 7.05 Å². The van der Waals surface area contributed by atoms with Gasteiger partial charge < -0.3 is 20.3 Å². The number of hydrogen-bond acceptors (Lipinski definition) is 3. The summed E-state index contributed by atoms with van der Waals surface area (Å²) < 4.78 is 5.67. The molecule has 2 N–H and O–H groups in total. The highest BCUT2D eigenvalue weighted by Gasteiger charge is 2.58. The van der Waals surface area contributed by atoms with Crippen LogP contribution in [0.5, 0.6) is 0 Å². The van der Waals surface area contributed by atoms with Crippen molar-refractivity contribution >= 4 is 35.8 Å². The van der Waals surface area contributed by atoms with Crippen LogP contribution >= 0.6 is 24.0 Å². The van der Waals surface area contributed by atoms with E-state index in [2.05, 4.69) is 36.4 Å². The highest BCUT2D eigenvalue weighted by molar-refractivity contribution is 14.0. The summed E-state index contributed by atoms with van der Waals surface area (Å²) in [7, 11) is 5.42. The number of aliphatic imine (C=N–C) groups is 1. The molecule has 1 saturated carbocycles. The van der Waals surface area contributed by atoms with E-state index in [0.717, 1.165) is 25.3 Å². The molecule has 0 bridgehead atoms. The molecular formula is C16H31IN4O2. The second kappa shape index (κ2) is 7.55. The van der Waals surface area contributed by atoms with Crippen LogP contribution in [0.2, 0.25) is 0 Å². The molecule has 23 heavy (non-hydrogen) atoms. The monoisotopic (exact) mass is 438 g/mol. The SMILES string of the molecule is CN=C(NC1CCC(=O)N(C)C1)NC1CC(C)(OC)C1(C)C.I. The van der Waals surface area contributed by atoms with Gasteiger partial charge in [0.15, 0.2) is 5.96 Å². The first kappa shape index (κ1) is 20.5. The average Bonchev–Trinajstić information content (AvgIpc) is 2.49. The number of amides is 1. The predicted molar refractivity (Wildman–Crippen MR) is 103 cm³/mol. The third-order valence-electron chi connectivity index (χ3n) is 5.78. The third kappa shape index (κ3) is 3.92. The third-order valence-corrected chi connectivity index (χ3v) is 5.78. The molecule has 3 atom stereocenters. The fourth-order valence-electron chi connectivity index (χ4n) is 3.38. The number of carbonyl (C=O) groups excluding carboxylic acids is 1. The van der Waals surface area contributed by atoms with Gasteiger partial charge in [-0.25, -0.2) is 0 Å². The minimum Gasteiger partial charge on any atom is -0.378 e. The van der Waals surface area contributed by atoms with Gasteiger partial charge in [0.2, 0.25) is 5.91 Å². The number of rotatable bonds is 3. The topological polar surface area (TPSA) is 66.0 Å². The summed E-state index contributed by atoms with van der Waals surface area (Å²) in [5, 5.41) is 6.95. The Morgan fingerprint density at radius 1 is 1.35 bits per heavy atom. The molecule has 0 aromatic rings. The largest absolute Gasteiger partial charge is 0.378 e. The van der Waals surface area contributed by atoms with Crippen molar-refractivity contribution in [2.24, 2.45) is 10.4 Å². The van der Waals surface area contributed by atoms with Gasteiger partial charge in [-0.1, -0.05) is 13.8 Å². The molecule has 2 aliphatic rings. The maximum absolute atomic E-state index is 11.6. The lowest BCUT2D eigenvalue weighted by molar-refractivity contribution is -0.176. The molecule has 1 heterocycles. The van der Waals surface area contributed by atoms with Crippen LogP contribution in [0.15, 0.2) is 4.99 Å². The zero-order valence-electron chi connectivity index (χ0n) is 15.1. The Hall–Kier alpha value is -0.570. The maximum Gasteiger partial charge on any atom is 0.222 e. The summed E-state index contributed by atoms with van der Waals surface area (Å²) in [6, 6.07) is 0.581. The Balaban J connectivity index is 0.00000264. The van der Waals surface area contributed by atoms with E-state index in [-0.39, 0.29) is 46.9 Å². The standard InChI is InChI=1S/C16H30N4O2.HI/c1-15(2)12(9-16(15,3)22-6)19-14(17-4)18-11-7-8-13(21)20(5)10-11;/h11-12H,7-10H2,1-6H3,(H2,17,18,19);1H. The van der Waals surface area contributed by atoms with Crippen LogP contribution in [0.3, 0.4) is 0 Å². The molecule has 0 aromatic heterocycles. The van der Waals surface area contributed by atoms with Gasteiger partial charge in [0.25, 0.3) is 0 Å². The first-order valence-electron chi connectivity index (χ1n) is 8.02. The average molecular weight is 438 g/mol. The molecule has 0 aromatic carbocycles. The Kier molecular flexibility index (Phi) is 6.72. The fourth-order valence-corrected chi connectivity index (χ4v) is 3.38. The Bertz CT molecular complexity index is 469. The first-order chi connectivity index (χ1) is 10.2. The number of methoxy groups -OCH3 is 1. The van der Waals surface area contributed by atoms with E-state index >= 15 is 0 Å². The summed E-state index contributed by atoms with van der Waals surface area (Å²) in [5.74, 6) is 1.03. The maximum atomic E-state index is 11.6. The van der Waals surface area contributed by atoms with Crippen molar-refractivity contribution in [3.05, 3.63) is 0 Å². The molecule has 6 nitrogen and oxygen atoms in total. The van der Waals surface area contributed by atoms with Crippen molar-refractivity contribution in [1.29, 1.82) is 0 Å². The number of nitrogens with zero attached hydrogens (tertiary/aromatic N) is 2. The Morgan fingerprint density at radius 2 is 2.00 bits per heavy atom. The summed E-state index contributed by atoms with van der Waals surface area (Å²) >= 11 is 0. The highest BCUT2D eigenvalue weighted by atomic mass is 127. The first-order valence-corrected chi connectivity index (χ1v) is 8.02. The number of guanidine groups is 1. The molecule has 134 valence electrons.